The summed E-state index contributed by atoms with van der Waals surface area (Å²) in [4.78, 5) is 10.5. The highest BCUT2D eigenvalue weighted by atomic mass is 16.3. The second-order valence-electron chi connectivity index (χ2n) is 3.59. The Bertz CT molecular complexity index is 514. The maximum absolute atomic E-state index is 10.5. The lowest BCUT2D eigenvalue weighted by Crippen LogP contribution is -1.92. The lowest BCUT2D eigenvalue weighted by atomic mass is 10.1. The highest BCUT2D eigenvalue weighted by Gasteiger charge is 2.06. The number of hydrogen-bond donors (Lipinski definition) is 1. The van der Waals surface area contributed by atoms with Crippen molar-refractivity contribution in [3.8, 4) is 11.3 Å². The summed E-state index contributed by atoms with van der Waals surface area (Å²) in [5.41, 5.74) is 8.66. The smallest absolute Gasteiger partial charge is 0.185 e. The summed E-state index contributed by atoms with van der Waals surface area (Å²) < 4.78 is 5.32. The van der Waals surface area contributed by atoms with Crippen molar-refractivity contribution in [2.75, 3.05) is 5.73 Å². The van der Waals surface area contributed by atoms with Crippen LogP contribution in [0.15, 0.2) is 34.7 Å². The summed E-state index contributed by atoms with van der Waals surface area (Å²) in [6, 6.07) is 9.21. The van der Waals surface area contributed by atoms with E-state index in [0.717, 1.165) is 23.2 Å². The molecule has 3 heteroatoms. The maximum Gasteiger partial charge on any atom is 0.185 e. The molecule has 0 saturated carbocycles. The quantitative estimate of drug-likeness (QED) is 0.632. The molecular weight excluding hydrogens is 202 g/mol. The maximum atomic E-state index is 10.5. The zero-order valence-corrected chi connectivity index (χ0v) is 9.07. The molecule has 2 rings (SSSR count). The summed E-state index contributed by atoms with van der Waals surface area (Å²) in [6.45, 7) is 2.06. The van der Waals surface area contributed by atoms with Crippen molar-refractivity contribution in [2.24, 2.45) is 0 Å². The fourth-order valence-corrected chi connectivity index (χ4v) is 1.64. The molecule has 16 heavy (non-hydrogen) atoms. The van der Waals surface area contributed by atoms with Crippen LogP contribution in [0.1, 0.15) is 23.0 Å². The summed E-state index contributed by atoms with van der Waals surface area (Å²) >= 11 is 0. The Morgan fingerprint density at radius 1 is 1.31 bits per heavy atom. The number of aryl methyl sites for hydroxylation is 1. The number of carbonyl (C=O) groups is 1. The number of benzene rings is 1. The second kappa shape index (κ2) is 4.23. The third-order valence-corrected chi connectivity index (χ3v) is 2.55. The minimum atomic E-state index is 0.327. The molecule has 1 heterocycles. The highest BCUT2D eigenvalue weighted by molar-refractivity contribution is 5.73. The Morgan fingerprint density at radius 2 is 2.12 bits per heavy atom. The van der Waals surface area contributed by atoms with Gasteiger partial charge in [0.05, 0.1) is 0 Å². The molecule has 82 valence electrons. The van der Waals surface area contributed by atoms with Crippen LogP contribution in [0.4, 0.5) is 5.69 Å². The van der Waals surface area contributed by atoms with E-state index in [1.165, 1.54) is 0 Å². The SMILES string of the molecule is CCc1ccc(-c2ccc(C=O)o2)cc1N. The van der Waals surface area contributed by atoms with Gasteiger partial charge in [0.25, 0.3) is 0 Å². The van der Waals surface area contributed by atoms with E-state index in [9.17, 15) is 4.79 Å². The number of rotatable bonds is 3. The van der Waals surface area contributed by atoms with Gasteiger partial charge < -0.3 is 10.2 Å². The Morgan fingerprint density at radius 3 is 2.69 bits per heavy atom. The number of aldehydes is 1. The molecule has 0 radical (unpaired) electrons. The number of nitrogen functional groups attached to an aromatic ring is 1. The molecule has 0 aliphatic heterocycles. The molecule has 0 bridgehead atoms. The van der Waals surface area contributed by atoms with Crippen LogP contribution in [0.5, 0.6) is 0 Å². The van der Waals surface area contributed by atoms with Crippen LogP contribution in [-0.2, 0) is 6.42 Å². The number of carbonyl (C=O) groups excluding carboxylic acids is 1. The van der Waals surface area contributed by atoms with E-state index in [1.54, 1.807) is 12.1 Å². The van der Waals surface area contributed by atoms with Gasteiger partial charge in [-0.25, -0.2) is 0 Å². The van der Waals surface area contributed by atoms with Gasteiger partial charge in [-0.3, -0.25) is 4.79 Å². The van der Waals surface area contributed by atoms with E-state index in [-0.39, 0.29) is 0 Å². The van der Waals surface area contributed by atoms with Crippen molar-refractivity contribution in [1.29, 1.82) is 0 Å². The molecule has 1 aromatic heterocycles. The molecule has 0 fully saturated rings. The first kappa shape index (κ1) is 10.5. The van der Waals surface area contributed by atoms with Crippen molar-refractivity contribution < 1.29 is 9.21 Å². The summed E-state index contributed by atoms with van der Waals surface area (Å²) in [7, 11) is 0. The van der Waals surface area contributed by atoms with Gasteiger partial charge in [-0.15, -0.1) is 0 Å². The summed E-state index contributed by atoms with van der Waals surface area (Å²) in [5, 5.41) is 0. The van der Waals surface area contributed by atoms with Gasteiger partial charge in [-0.1, -0.05) is 19.1 Å². The van der Waals surface area contributed by atoms with Gasteiger partial charge in [0.15, 0.2) is 12.0 Å². The molecule has 2 aromatic rings. The first-order chi connectivity index (χ1) is 7.74. The van der Waals surface area contributed by atoms with Gasteiger partial charge in [0, 0.05) is 11.3 Å². The van der Waals surface area contributed by atoms with Crippen LogP contribution in [-0.4, -0.2) is 6.29 Å². The zero-order chi connectivity index (χ0) is 11.5. The van der Waals surface area contributed by atoms with Crippen LogP contribution in [0.25, 0.3) is 11.3 Å². The van der Waals surface area contributed by atoms with Gasteiger partial charge in [-0.05, 0) is 30.2 Å². The minimum Gasteiger partial charge on any atom is -0.453 e. The zero-order valence-electron chi connectivity index (χ0n) is 9.07. The molecule has 0 unspecified atom stereocenters. The Labute approximate surface area is 93.9 Å². The molecular formula is C13H13NO2. The monoisotopic (exact) mass is 215 g/mol. The first-order valence-electron chi connectivity index (χ1n) is 5.18. The van der Waals surface area contributed by atoms with Gasteiger partial charge >= 0.3 is 0 Å². The fourth-order valence-electron chi connectivity index (χ4n) is 1.64. The highest BCUT2D eigenvalue weighted by Crippen LogP contribution is 2.25. The second-order valence-corrected chi connectivity index (χ2v) is 3.59. The number of anilines is 1. The lowest BCUT2D eigenvalue weighted by Gasteiger charge is -2.04. The van der Waals surface area contributed by atoms with Crippen LogP contribution in [0, 0.1) is 0 Å². The van der Waals surface area contributed by atoms with Gasteiger partial charge in [0.2, 0.25) is 0 Å². The first-order valence-corrected chi connectivity index (χ1v) is 5.18. The molecule has 3 nitrogen and oxygen atoms in total. The van der Waals surface area contributed by atoms with Crippen LogP contribution in [0.2, 0.25) is 0 Å². The van der Waals surface area contributed by atoms with E-state index in [2.05, 4.69) is 6.92 Å². The van der Waals surface area contributed by atoms with E-state index < -0.39 is 0 Å². The largest absolute Gasteiger partial charge is 0.453 e. The van der Waals surface area contributed by atoms with E-state index in [0.29, 0.717) is 17.8 Å². The molecule has 0 amide bonds. The van der Waals surface area contributed by atoms with E-state index in [4.69, 9.17) is 10.2 Å². The normalized spacial score (nSPS) is 10.3. The average molecular weight is 215 g/mol. The van der Waals surface area contributed by atoms with Crippen molar-refractivity contribution in [3.63, 3.8) is 0 Å². The van der Waals surface area contributed by atoms with Crippen LogP contribution in [0.3, 0.4) is 0 Å². The standard InChI is InChI=1S/C13H13NO2/c1-2-9-3-4-10(7-12(9)14)13-6-5-11(8-15)16-13/h3-8H,2,14H2,1H3. The van der Waals surface area contributed by atoms with Crippen molar-refractivity contribution in [3.05, 3.63) is 41.7 Å². The minimum absolute atomic E-state index is 0.327. The lowest BCUT2D eigenvalue weighted by molar-refractivity contribution is 0.110. The summed E-state index contributed by atoms with van der Waals surface area (Å²) in [5.74, 6) is 0.990. The third-order valence-electron chi connectivity index (χ3n) is 2.55. The summed E-state index contributed by atoms with van der Waals surface area (Å²) in [6.07, 6.45) is 1.59. The van der Waals surface area contributed by atoms with Gasteiger partial charge in [0.1, 0.15) is 5.76 Å². The van der Waals surface area contributed by atoms with Crippen LogP contribution >= 0.6 is 0 Å². The van der Waals surface area contributed by atoms with Gasteiger partial charge in [-0.2, -0.15) is 0 Å². The van der Waals surface area contributed by atoms with Crippen molar-refractivity contribution >= 4 is 12.0 Å². The number of furan rings is 1. The Hall–Kier alpha value is -2.03. The molecule has 0 spiro atoms. The van der Waals surface area contributed by atoms with Crippen LogP contribution < -0.4 is 5.73 Å². The average Bonchev–Trinajstić information content (AvgIpc) is 2.77. The Balaban J connectivity index is 2.40. The number of nitrogens with two attached hydrogens (primary N) is 1. The molecule has 0 saturated heterocycles. The molecule has 0 atom stereocenters. The molecule has 0 aliphatic carbocycles. The van der Waals surface area contributed by atoms with Crippen molar-refractivity contribution in [1.82, 2.24) is 0 Å². The molecule has 0 aliphatic rings. The van der Waals surface area contributed by atoms with Crippen molar-refractivity contribution in [2.45, 2.75) is 13.3 Å². The molecule has 2 N–H and O–H groups in total. The third kappa shape index (κ3) is 1.84. The number of hydrogen-bond acceptors (Lipinski definition) is 3. The van der Waals surface area contributed by atoms with E-state index >= 15 is 0 Å². The Kier molecular flexibility index (Phi) is 2.77. The molecule has 1 aromatic carbocycles. The van der Waals surface area contributed by atoms with E-state index in [1.807, 2.05) is 18.2 Å². The predicted octanol–water partition coefficient (Wildman–Crippen LogP) is 2.90. The predicted molar refractivity (Wildman–Crippen MR) is 63.3 cm³/mol. The topological polar surface area (TPSA) is 56.2 Å². The fraction of sp³-hybridized carbons (Fsp3) is 0.154.